The Hall–Kier alpha value is -1.94. The zero-order chi connectivity index (χ0) is 71.0. The lowest BCUT2D eigenvalue weighted by Crippen LogP contribution is -2.30. The van der Waals surface area contributed by atoms with Crippen LogP contribution in [0.15, 0.2) is 0 Å². The summed E-state index contributed by atoms with van der Waals surface area (Å²) in [7, 11) is -9.91. The Morgan fingerprint density at radius 3 is 0.646 bits per heavy atom. The predicted molar refractivity (Wildman–Crippen MR) is 391 cm³/mol. The Kier molecular flexibility index (Phi) is 65.0. The lowest BCUT2D eigenvalue weighted by Gasteiger charge is -2.21. The molecule has 3 unspecified atom stereocenters. The molecule has 0 spiro atoms. The first-order valence-corrected chi connectivity index (χ1v) is 42.7. The van der Waals surface area contributed by atoms with Gasteiger partial charge < -0.3 is 33.8 Å². The number of ether oxygens (including phenoxy) is 4. The van der Waals surface area contributed by atoms with Crippen LogP contribution in [0.3, 0.4) is 0 Å². The number of carbonyl (C=O) groups is 4. The van der Waals surface area contributed by atoms with Crippen LogP contribution in [-0.2, 0) is 65.4 Å². The van der Waals surface area contributed by atoms with Crippen LogP contribution < -0.4 is 0 Å². The lowest BCUT2D eigenvalue weighted by molar-refractivity contribution is -0.161. The molecule has 3 N–H and O–H groups in total. The van der Waals surface area contributed by atoms with Crippen molar-refractivity contribution in [3.8, 4) is 0 Å². The minimum atomic E-state index is -4.96. The van der Waals surface area contributed by atoms with Crippen LogP contribution in [-0.4, -0.2) is 96.7 Å². The van der Waals surface area contributed by atoms with Gasteiger partial charge in [0.25, 0.3) is 0 Å². The van der Waals surface area contributed by atoms with Gasteiger partial charge in [0.05, 0.1) is 26.4 Å². The molecule has 0 aliphatic rings. The van der Waals surface area contributed by atoms with Gasteiger partial charge in [-0.05, 0) is 49.4 Å². The molecule has 96 heavy (non-hydrogen) atoms. The van der Waals surface area contributed by atoms with Gasteiger partial charge in [0.15, 0.2) is 12.2 Å². The molecule has 0 saturated heterocycles. The van der Waals surface area contributed by atoms with Crippen LogP contribution in [0, 0.1) is 23.7 Å². The number of esters is 4. The molecule has 0 aromatic carbocycles. The number of hydrogen-bond acceptors (Lipinski definition) is 15. The summed E-state index contributed by atoms with van der Waals surface area (Å²) >= 11 is 0. The highest BCUT2D eigenvalue weighted by molar-refractivity contribution is 7.47. The summed E-state index contributed by atoms with van der Waals surface area (Å²) in [6.45, 7) is 14.1. The van der Waals surface area contributed by atoms with Crippen LogP contribution in [0.5, 0.6) is 0 Å². The highest BCUT2D eigenvalue weighted by Crippen LogP contribution is 2.45. The highest BCUT2D eigenvalue weighted by Gasteiger charge is 2.30. The highest BCUT2D eigenvalue weighted by atomic mass is 31.2. The molecule has 0 amide bonds. The van der Waals surface area contributed by atoms with Crippen molar-refractivity contribution in [3.63, 3.8) is 0 Å². The topological polar surface area (TPSA) is 237 Å². The molecule has 0 heterocycles. The van der Waals surface area contributed by atoms with E-state index >= 15 is 0 Å². The number of rotatable bonds is 74. The van der Waals surface area contributed by atoms with Crippen LogP contribution >= 0.6 is 15.6 Å². The molecule has 17 nitrogen and oxygen atoms in total. The maximum absolute atomic E-state index is 13.1. The number of hydrogen-bond donors (Lipinski definition) is 3. The molecule has 0 bridgehead atoms. The average molecular weight is 1410 g/mol. The van der Waals surface area contributed by atoms with E-state index in [0.717, 1.165) is 115 Å². The Bertz CT molecular complexity index is 1880. The van der Waals surface area contributed by atoms with Crippen molar-refractivity contribution in [2.45, 2.75) is 408 Å². The second-order valence-corrected chi connectivity index (χ2v) is 32.6. The van der Waals surface area contributed by atoms with Crippen LogP contribution in [0.2, 0.25) is 0 Å². The standard InChI is InChI=1S/C77H150O17P2/c1-67(2)53-45-37-29-24-20-16-12-9-10-14-18-22-26-32-43-51-59-76(81)93-72(63-87-74(79)57-49-41-34-28-31-39-47-55-69(5)6)65-91-95(83,84)89-61-71(78)62-90-96(85,86)92-66-73(64-88-75(80)58-50-42-36-35-40-48-56-70(7)8)94-77(82)60-52-44-33-27-23-19-15-11-13-17-21-25-30-38-46-54-68(3)4/h67-73,78H,9-66H2,1-8H3,(H,83,84)(H,85,86)/t71?,72-,73-/m1/s1. The molecular weight excluding hydrogens is 1260 g/mol. The number of unbranched alkanes of at least 4 members (excludes halogenated alkanes) is 40. The first-order chi connectivity index (χ1) is 46.1. The van der Waals surface area contributed by atoms with E-state index < -0.39 is 97.5 Å². The molecule has 0 aromatic heterocycles. The summed E-state index contributed by atoms with van der Waals surface area (Å²) in [6.07, 6.45) is 51.7. The van der Waals surface area contributed by atoms with Gasteiger partial charge in [-0.15, -0.1) is 0 Å². The SMILES string of the molecule is CC(C)CCCCCCCCCCCCCCCCCCC(=O)O[C@H](COC(=O)CCCCCCCCCC(C)C)COP(=O)(O)OCC(O)COP(=O)(O)OC[C@@H](COC(=O)CCCCCCCCC(C)C)OC(=O)CCCCCCCCCCCCCCCCCC(C)C. The van der Waals surface area contributed by atoms with Gasteiger partial charge in [0.1, 0.15) is 19.3 Å². The normalized spacial score (nSPS) is 14.1. The molecule has 0 rings (SSSR count). The minimum absolute atomic E-state index is 0.106. The minimum Gasteiger partial charge on any atom is -0.462 e. The lowest BCUT2D eigenvalue weighted by atomic mass is 10.0. The van der Waals surface area contributed by atoms with Gasteiger partial charge in [0.2, 0.25) is 0 Å². The van der Waals surface area contributed by atoms with E-state index in [2.05, 4.69) is 55.4 Å². The number of phosphoric ester groups is 2. The van der Waals surface area contributed by atoms with Crippen molar-refractivity contribution in [1.82, 2.24) is 0 Å². The van der Waals surface area contributed by atoms with Crippen molar-refractivity contribution < 1.29 is 80.2 Å². The first-order valence-electron chi connectivity index (χ1n) is 39.7. The van der Waals surface area contributed by atoms with E-state index in [4.69, 9.17) is 37.0 Å². The molecule has 0 radical (unpaired) electrons. The molecular formula is C77H150O17P2. The fraction of sp³-hybridized carbons (Fsp3) is 0.948. The van der Waals surface area contributed by atoms with Gasteiger partial charge in [-0.3, -0.25) is 37.3 Å². The average Bonchev–Trinajstić information content (AvgIpc) is 1.05. The largest absolute Gasteiger partial charge is 0.472 e. The predicted octanol–water partition coefficient (Wildman–Crippen LogP) is 22.4. The van der Waals surface area contributed by atoms with E-state index in [1.807, 2.05) is 0 Å². The Morgan fingerprint density at radius 1 is 0.260 bits per heavy atom. The van der Waals surface area contributed by atoms with Crippen molar-refractivity contribution in [3.05, 3.63) is 0 Å². The summed E-state index contributed by atoms with van der Waals surface area (Å²) in [5.41, 5.74) is 0. The van der Waals surface area contributed by atoms with Gasteiger partial charge in [0, 0.05) is 25.7 Å². The van der Waals surface area contributed by atoms with Gasteiger partial charge >= 0.3 is 39.5 Å². The summed E-state index contributed by atoms with van der Waals surface area (Å²) < 4.78 is 68.5. The first kappa shape index (κ1) is 94.1. The molecule has 570 valence electrons. The second-order valence-electron chi connectivity index (χ2n) is 29.7. The molecule has 19 heteroatoms. The van der Waals surface area contributed by atoms with Gasteiger partial charge in [-0.1, -0.05) is 338 Å². The third kappa shape index (κ3) is 70.5. The summed E-state index contributed by atoms with van der Waals surface area (Å²) in [5.74, 6) is 0.873. The van der Waals surface area contributed by atoms with Crippen molar-refractivity contribution in [1.29, 1.82) is 0 Å². The molecule has 0 aliphatic carbocycles. The fourth-order valence-electron chi connectivity index (χ4n) is 11.7. The van der Waals surface area contributed by atoms with Crippen LogP contribution in [0.4, 0.5) is 0 Å². The Labute approximate surface area is 588 Å². The molecule has 0 aliphatic heterocycles. The monoisotopic (exact) mass is 1410 g/mol. The van der Waals surface area contributed by atoms with Gasteiger partial charge in [-0.25, -0.2) is 9.13 Å². The quantitative estimate of drug-likeness (QED) is 0.0222. The number of aliphatic hydroxyl groups excluding tert-OH is 1. The molecule has 0 saturated carbocycles. The molecule has 0 aromatic rings. The number of aliphatic hydroxyl groups is 1. The zero-order valence-corrected chi connectivity index (χ0v) is 64.8. The number of phosphoric acid groups is 2. The maximum Gasteiger partial charge on any atom is 0.472 e. The second kappa shape index (κ2) is 66.3. The summed E-state index contributed by atoms with van der Waals surface area (Å²) in [4.78, 5) is 72.8. The van der Waals surface area contributed by atoms with E-state index in [1.165, 1.54) is 180 Å². The van der Waals surface area contributed by atoms with E-state index in [-0.39, 0.29) is 25.7 Å². The van der Waals surface area contributed by atoms with E-state index in [1.54, 1.807) is 0 Å². The van der Waals surface area contributed by atoms with E-state index in [9.17, 15) is 43.2 Å². The third-order valence-electron chi connectivity index (χ3n) is 17.8. The fourth-order valence-corrected chi connectivity index (χ4v) is 13.3. The van der Waals surface area contributed by atoms with Crippen LogP contribution in [0.25, 0.3) is 0 Å². The zero-order valence-electron chi connectivity index (χ0n) is 63.0. The summed E-state index contributed by atoms with van der Waals surface area (Å²) in [5, 5.41) is 10.6. The number of carbonyl (C=O) groups excluding carboxylic acids is 4. The molecule has 0 fully saturated rings. The van der Waals surface area contributed by atoms with Crippen molar-refractivity contribution in [2.75, 3.05) is 39.6 Å². The Morgan fingerprint density at radius 2 is 0.438 bits per heavy atom. The van der Waals surface area contributed by atoms with E-state index in [0.29, 0.717) is 37.5 Å². The molecule has 5 atom stereocenters. The smallest absolute Gasteiger partial charge is 0.462 e. The third-order valence-corrected chi connectivity index (χ3v) is 19.7. The maximum atomic E-state index is 13.1. The van der Waals surface area contributed by atoms with Crippen molar-refractivity contribution in [2.24, 2.45) is 23.7 Å². The van der Waals surface area contributed by atoms with Gasteiger partial charge in [-0.2, -0.15) is 0 Å². The Balaban J connectivity index is 5.17. The summed E-state index contributed by atoms with van der Waals surface area (Å²) in [6, 6.07) is 0. The van der Waals surface area contributed by atoms with Crippen molar-refractivity contribution >= 4 is 39.5 Å². The van der Waals surface area contributed by atoms with Crippen LogP contribution in [0.1, 0.15) is 389 Å².